The molecule has 4 N–H and O–H groups in total. The summed E-state index contributed by atoms with van der Waals surface area (Å²) in [6, 6.07) is 0. The molecule has 0 spiro atoms. The van der Waals surface area contributed by atoms with Crippen LogP contribution in [-0.4, -0.2) is 45.2 Å². The Hall–Kier alpha value is -0.200. The lowest BCUT2D eigenvalue weighted by Gasteiger charge is -2.35. The van der Waals surface area contributed by atoms with Crippen LogP contribution in [0.2, 0.25) is 0 Å². The van der Waals surface area contributed by atoms with Gasteiger partial charge in [-0.2, -0.15) is 0 Å². The highest BCUT2D eigenvalue weighted by molar-refractivity contribution is 4.73. The van der Waals surface area contributed by atoms with Crippen molar-refractivity contribution in [3.05, 3.63) is 0 Å². The minimum atomic E-state index is -1.78. The summed E-state index contributed by atoms with van der Waals surface area (Å²) in [7, 11) is 0. The number of aliphatic hydroxyl groups is 4. The van der Waals surface area contributed by atoms with Crippen molar-refractivity contribution >= 4 is 0 Å². The molecular weight excluding hydrogens is 200 g/mol. The van der Waals surface area contributed by atoms with Gasteiger partial charge in [0.1, 0.15) is 0 Å². The monoisotopic (exact) mass is 222 g/mol. The lowest BCUT2D eigenvalue weighted by molar-refractivity contribution is -0.354. The van der Waals surface area contributed by atoms with Crippen molar-refractivity contribution in [1.82, 2.24) is 0 Å². The third kappa shape index (κ3) is 4.90. The zero-order valence-corrected chi connectivity index (χ0v) is 9.44. The van der Waals surface area contributed by atoms with Gasteiger partial charge in [0.25, 0.3) is 0 Å². The molecule has 2 atom stereocenters. The van der Waals surface area contributed by atoms with Crippen LogP contribution in [0.3, 0.4) is 0 Å². The molecule has 0 aliphatic heterocycles. The molecule has 0 bridgehead atoms. The Kier molecular flexibility index (Phi) is 6.31. The predicted molar refractivity (Wildman–Crippen MR) is 55.0 cm³/mol. The maximum absolute atomic E-state index is 9.77. The van der Waals surface area contributed by atoms with Crippen molar-refractivity contribution in [3.8, 4) is 0 Å². The third-order valence-electron chi connectivity index (χ3n) is 2.16. The number of rotatable bonds is 8. The van der Waals surface area contributed by atoms with Crippen molar-refractivity contribution in [2.45, 2.75) is 51.1 Å². The highest BCUT2D eigenvalue weighted by Gasteiger charge is 2.37. The minimum absolute atomic E-state index is 0.204. The average molecular weight is 222 g/mol. The Balaban J connectivity index is 4.47. The molecular formula is C10H22O5. The van der Waals surface area contributed by atoms with E-state index < -0.39 is 24.8 Å². The molecule has 0 aromatic rings. The van der Waals surface area contributed by atoms with E-state index in [1.165, 1.54) is 0 Å². The molecule has 2 unspecified atom stereocenters. The van der Waals surface area contributed by atoms with E-state index in [9.17, 15) is 10.2 Å². The number of hydrogen-bond acceptors (Lipinski definition) is 5. The molecule has 15 heavy (non-hydrogen) atoms. The van der Waals surface area contributed by atoms with Gasteiger partial charge in [-0.1, -0.05) is 26.7 Å². The lowest BCUT2D eigenvalue weighted by atomic mass is 10.1. The predicted octanol–water partition coefficient (Wildman–Crippen LogP) is -0.0350. The highest BCUT2D eigenvalue weighted by Crippen LogP contribution is 2.24. The Morgan fingerprint density at radius 3 is 1.40 bits per heavy atom. The van der Waals surface area contributed by atoms with Gasteiger partial charge >= 0.3 is 0 Å². The average Bonchev–Trinajstić information content (AvgIpc) is 2.18. The van der Waals surface area contributed by atoms with Gasteiger partial charge in [0, 0.05) is 12.8 Å². The zero-order chi connectivity index (χ0) is 11.9. The largest absolute Gasteiger partial charge is 0.391 e. The topological polar surface area (TPSA) is 90.2 Å². The van der Waals surface area contributed by atoms with Crippen molar-refractivity contribution in [2.75, 3.05) is 13.2 Å². The summed E-state index contributed by atoms with van der Waals surface area (Å²) in [6.07, 6.45) is 1.61. The van der Waals surface area contributed by atoms with Crippen molar-refractivity contribution in [1.29, 1.82) is 0 Å². The first-order valence-electron chi connectivity index (χ1n) is 5.32. The van der Waals surface area contributed by atoms with Gasteiger partial charge in [0.05, 0.1) is 13.2 Å². The number of hydrogen-bond donors (Lipinski definition) is 4. The summed E-state index contributed by atoms with van der Waals surface area (Å²) in [4.78, 5) is 0. The molecule has 0 rings (SSSR count). The standard InChI is InChI=1S/C10H22O5/c1-3-5-9(13,7-11)15-10(14,8-12)6-4-2/h11-14H,3-8H2,1-2H3. The number of ether oxygens (including phenoxy) is 1. The summed E-state index contributed by atoms with van der Waals surface area (Å²) in [5.41, 5.74) is 0. The van der Waals surface area contributed by atoms with Crippen LogP contribution in [0.1, 0.15) is 39.5 Å². The van der Waals surface area contributed by atoms with Gasteiger partial charge in [-0.25, -0.2) is 0 Å². The Bertz CT molecular complexity index is 157. The van der Waals surface area contributed by atoms with Gasteiger partial charge in [-0.15, -0.1) is 0 Å². The Morgan fingerprint density at radius 2 is 1.20 bits per heavy atom. The van der Waals surface area contributed by atoms with Gasteiger partial charge < -0.3 is 25.2 Å². The van der Waals surface area contributed by atoms with E-state index in [0.29, 0.717) is 12.8 Å². The lowest BCUT2D eigenvalue weighted by Crippen LogP contribution is -2.49. The minimum Gasteiger partial charge on any atom is -0.391 e. The molecule has 0 heterocycles. The summed E-state index contributed by atoms with van der Waals surface area (Å²) in [5.74, 6) is -3.55. The second kappa shape index (κ2) is 6.40. The molecule has 0 aliphatic carbocycles. The smallest absolute Gasteiger partial charge is 0.192 e. The van der Waals surface area contributed by atoms with Crippen molar-refractivity contribution in [3.63, 3.8) is 0 Å². The van der Waals surface area contributed by atoms with Crippen LogP contribution in [-0.2, 0) is 4.74 Å². The van der Waals surface area contributed by atoms with Gasteiger partial charge in [-0.05, 0) is 0 Å². The molecule has 0 aliphatic rings. The molecule has 5 nitrogen and oxygen atoms in total. The molecule has 5 heteroatoms. The summed E-state index contributed by atoms with van der Waals surface area (Å²) < 4.78 is 5.02. The normalized spacial score (nSPS) is 19.6. The van der Waals surface area contributed by atoms with E-state index in [0.717, 1.165) is 0 Å². The summed E-state index contributed by atoms with van der Waals surface area (Å²) in [6.45, 7) is 2.43. The van der Waals surface area contributed by atoms with Crippen LogP contribution in [0.4, 0.5) is 0 Å². The van der Waals surface area contributed by atoms with E-state index in [4.69, 9.17) is 14.9 Å². The van der Waals surface area contributed by atoms with Gasteiger partial charge in [0.2, 0.25) is 0 Å². The summed E-state index contributed by atoms with van der Waals surface area (Å²) in [5, 5.41) is 37.5. The molecule has 92 valence electrons. The Labute approximate surface area is 90.3 Å². The molecule has 0 fully saturated rings. The SMILES string of the molecule is CCCC(O)(CO)OC(O)(CO)CCC. The van der Waals surface area contributed by atoms with E-state index in [-0.39, 0.29) is 12.8 Å². The summed E-state index contributed by atoms with van der Waals surface area (Å²) >= 11 is 0. The second-order valence-corrected chi connectivity index (χ2v) is 3.81. The molecule has 0 saturated carbocycles. The molecule has 0 saturated heterocycles. The first kappa shape index (κ1) is 14.8. The molecule has 0 radical (unpaired) electrons. The second-order valence-electron chi connectivity index (χ2n) is 3.81. The molecule has 0 aromatic heterocycles. The van der Waals surface area contributed by atoms with Gasteiger partial charge in [0.15, 0.2) is 11.6 Å². The van der Waals surface area contributed by atoms with Crippen LogP contribution in [0.5, 0.6) is 0 Å². The van der Waals surface area contributed by atoms with Crippen molar-refractivity contribution in [2.24, 2.45) is 0 Å². The maximum atomic E-state index is 9.77. The number of aliphatic hydroxyl groups excluding tert-OH is 2. The van der Waals surface area contributed by atoms with Crippen LogP contribution in [0, 0.1) is 0 Å². The van der Waals surface area contributed by atoms with E-state index in [1.54, 1.807) is 0 Å². The third-order valence-corrected chi connectivity index (χ3v) is 2.16. The van der Waals surface area contributed by atoms with Crippen LogP contribution in [0.25, 0.3) is 0 Å². The first-order valence-corrected chi connectivity index (χ1v) is 5.32. The Morgan fingerprint density at radius 1 is 0.867 bits per heavy atom. The molecule has 0 aromatic carbocycles. The van der Waals surface area contributed by atoms with E-state index in [1.807, 2.05) is 13.8 Å². The van der Waals surface area contributed by atoms with Crippen LogP contribution in [0.15, 0.2) is 0 Å². The maximum Gasteiger partial charge on any atom is 0.192 e. The first-order chi connectivity index (χ1) is 6.95. The highest BCUT2D eigenvalue weighted by atomic mass is 16.7. The van der Waals surface area contributed by atoms with E-state index in [2.05, 4.69) is 0 Å². The quantitative estimate of drug-likeness (QED) is 0.433. The van der Waals surface area contributed by atoms with Crippen LogP contribution < -0.4 is 0 Å². The fourth-order valence-electron chi connectivity index (χ4n) is 1.46. The fraction of sp³-hybridized carbons (Fsp3) is 1.00. The van der Waals surface area contributed by atoms with Crippen LogP contribution >= 0.6 is 0 Å². The zero-order valence-electron chi connectivity index (χ0n) is 9.44. The van der Waals surface area contributed by atoms with Gasteiger partial charge in [-0.3, -0.25) is 0 Å². The van der Waals surface area contributed by atoms with E-state index >= 15 is 0 Å². The van der Waals surface area contributed by atoms with Crippen molar-refractivity contribution < 1.29 is 25.2 Å². The fourth-order valence-corrected chi connectivity index (χ4v) is 1.46. The molecule has 0 amide bonds.